The molecule has 0 aliphatic carbocycles. The van der Waals surface area contributed by atoms with Gasteiger partial charge in [0, 0.05) is 41.3 Å². The lowest BCUT2D eigenvalue weighted by molar-refractivity contribution is 0.0927. The first kappa shape index (κ1) is 18.8. The van der Waals surface area contributed by atoms with Gasteiger partial charge in [0.2, 0.25) is 0 Å². The van der Waals surface area contributed by atoms with Crippen LogP contribution in [0.15, 0.2) is 42.7 Å². The number of amides is 2. The molecule has 8 heteroatoms. The molecule has 0 aliphatic heterocycles. The number of aromatic nitrogens is 3. The van der Waals surface area contributed by atoms with Crippen molar-refractivity contribution in [3.05, 3.63) is 58.9 Å². The van der Waals surface area contributed by atoms with E-state index < -0.39 is 0 Å². The molecule has 140 valence electrons. The number of hydrogen-bond acceptors (Lipinski definition) is 4. The van der Waals surface area contributed by atoms with Crippen LogP contribution in [-0.4, -0.2) is 39.7 Å². The molecule has 0 fully saturated rings. The van der Waals surface area contributed by atoms with Crippen LogP contribution >= 0.6 is 11.6 Å². The highest BCUT2D eigenvalue weighted by Gasteiger charge is 2.12. The Kier molecular flexibility index (Phi) is 5.71. The van der Waals surface area contributed by atoms with E-state index in [0.29, 0.717) is 29.2 Å². The van der Waals surface area contributed by atoms with Crippen LogP contribution in [0.25, 0.3) is 11.0 Å². The Balaban J connectivity index is 1.52. The number of carbonyl (C=O) groups excluding carboxylic acids is 2. The summed E-state index contributed by atoms with van der Waals surface area (Å²) in [4.78, 5) is 28.6. The minimum Gasteiger partial charge on any atom is -0.350 e. The highest BCUT2D eigenvalue weighted by molar-refractivity contribution is 6.30. The molecule has 0 atom stereocenters. The molecule has 0 bridgehead atoms. The first-order valence-electron chi connectivity index (χ1n) is 8.61. The van der Waals surface area contributed by atoms with Gasteiger partial charge in [-0.15, -0.1) is 0 Å². The third kappa shape index (κ3) is 4.43. The van der Waals surface area contributed by atoms with E-state index >= 15 is 0 Å². The zero-order chi connectivity index (χ0) is 19.4. The van der Waals surface area contributed by atoms with E-state index in [1.54, 1.807) is 36.5 Å². The Bertz CT molecular complexity index is 966. The van der Waals surface area contributed by atoms with Gasteiger partial charge in [-0.25, -0.2) is 9.67 Å². The van der Waals surface area contributed by atoms with Gasteiger partial charge in [-0.3, -0.25) is 9.59 Å². The fourth-order valence-electron chi connectivity index (χ4n) is 2.60. The summed E-state index contributed by atoms with van der Waals surface area (Å²) in [5, 5.41) is 11.2. The van der Waals surface area contributed by atoms with Crippen molar-refractivity contribution in [2.24, 2.45) is 0 Å². The molecule has 7 nitrogen and oxygen atoms in total. The molecule has 27 heavy (non-hydrogen) atoms. The number of hydrogen-bond donors (Lipinski definition) is 2. The van der Waals surface area contributed by atoms with Crippen molar-refractivity contribution in [2.45, 2.75) is 19.9 Å². The maximum absolute atomic E-state index is 12.3. The molecule has 0 unspecified atom stereocenters. The molecule has 2 amide bonds. The molecule has 0 radical (unpaired) electrons. The number of nitrogens with one attached hydrogen (secondary N) is 2. The lowest BCUT2D eigenvalue weighted by Gasteiger charge is -2.08. The molecular formula is C19H20ClN5O2. The highest BCUT2D eigenvalue weighted by atomic mass is 35.5. The van der Waals surface area contributed by atoms with Crippen LogP contribution in [0, 0.1) is 0 Å². The van der Waals surface area contributed by atoms with Crippen molar-refractivity contribution in [3.8, 4) is 0 Å². The second-order valence-corrected chi connectivity index (χ2v) is 6.77. The van der Waals surface area contributed by atoms with Gasteiger partial charge in [0.25, 0.3) is 11.8 Å². The van der Waals surface area contributed by atoms with Crippen molar-refractivity contribution in [3.63, 3.8) is 0 Å². The normalized spacial score (nSPS) is 11.0. The van der Waals surface area contributed by atoms with E-state index in [9.17, 15) is 9.59 Å². The molecular weight excluding hydrogens is 366 g/mol. The zero-order valence-corrected chi connectivity index (χ0v) is 15.8. The van der Waals surface area contributed by atoms with Gasteiger partial charge in [0.15, 0.2) is 5.65 Å². The van der Waals surface area contributed by atoms with Crippen LogP contribution in [-0.2, 0) is 0 Å². The third-order valence-corrected chi connectivity index (χ3v) is 4.24. The molecule has 3 aromatic rings. The van der Waals surface area contributed by atoms with E-state index in [4.69, 9.17) is 11.6 Å². The Morgan fingerprint density at radius 3 is 2.30 bits per heavy atom. The number of pyridine rings is 1. The van der Waals surface area contributed by atoms with Gasteiger partial charge in [0.1, 0.15) is 0 Å². The van der Waals surface area contributed by atoms with Crippen LogP contribution < -0.4 is 10.6 Å². The zero-order valence-electron chi connectivity index (χ0n) is 15.1. The van der Waals surface area contributed by atoms with E-state index in [-0.39, 0.29) is 17.9 Å². The molecule has 0 aliphatic rings. The summed E-state index contributed by atoms with van der Waals surface area (Å²) in [6.45, 7) is 4.66. The molecule has 0 saturated carbocycles. The van der Waals surface area contributed by atoms with Crippen molar-refractivity contribution in [2.75, 3.05) is 13.1 Å². The van der Waals surface area contributed by atoms with Crippen LogP contribution in [0.5, 0.6) is 0 Å². The predicted molar refractivity (Wildman–Crippen MR) is 104 cm³/mol. The van der Waals surface area contributed by atoms with E-state index in [0.717, 1.165) is 11.0 Å². The van der Waals surface area contributed by atoms with Crippen LogP contribution in [0.2, 0.25) is 5.02 Å². The van der Waals surface area contributed by atoms with Crippen molar-refractivity contribution in [1.82, 2.24) is 25.4 Å². The fourth-order valence-corrected chi connectivity index (χ4v) is 2.73. The smallest absolute Gasteiger partial charge is 0.252 e. The molecule has 1 aromatic carbocycles. The number of fused-ring (bicyclic) bond motifs is 1. The lowest BCUT2D eigenvalue weighted by Crippen LogP contribution is -2.34. The van der Waals surface area contributed by atoms with Gasteiger partial charge in [-0.2, -0.15) is 5.10 Å². The minimum atomic E-state index is -0.248. The molecule has 0 saturated heterocycles. The van der Waals surface area contributed by atoms with Crippen molar-refractivity contribution >= 4 is 34.4 Å². The Hall–Kier alpha value is -2.93. The largest absolute Gasteiger partial charge is 0.350 e. The maximum Gasteiger partial charge on any atom is 0.252 e. The summed E-state index contributed by atoms with van der Waals surface area (Å²) >= 11 is 5.80. The standard InChI is InChI=1S/C19H20ClN5O2/c1-12(2)25-17-14(11-24-25)9-15(10-23-17)19(27)22-8-7-21-18(26)13-3-5-16(20)6-4-13/h3-6,9-12H,7-8H2,1-2H3,(H,21,26)(H,22,27). The Morgan fingerprint density at radius 1 is 1.04 bits per heavy atom. The summed E-state index contributed by atoms with van der Waals surface area (Å²) in [6.07, 6.45) is 3.23. The first-order chi connectivity index (χ1) is 13.0. The van der Waals surface area contributed by atoms with Gasteiger partial charge in [0.05, 0.1) is 11.8 Å². The molecule has 2 aromatic heterocycles. The van der Waals surface area contributed by atoms with Gasteiger partial charge >= 0.3 is 0 Å². The third-order valence-electron chi connectivity index (χ3n) is 3.99. The average molecular weight is 386 g/mol. The van der Waals surface area contributed by atoms with Gasteiger partial charge < -0.3 is 10.6 Å². The van der Waals surface area contributed by atoms with E-state index in [2.05, 4.69) is 20.7 Å². The lowest BCUT2D eigenvalue weighted by atomic mass is 10.2. The molecule has 0 spiro atoms. The highest BCUT2D eigenvalue weighted by Crippen LogP contribution is 2.16. The number of nitrogens with zero attached hydrogens (tertiary/aromatic N) is 3. The van der Waals surface area contributed by atoms with Crippen LogP contribution in [0.1, 0.15) is 40.6 Å². The summed E-state index contributed by atoms with van der Waals surface area (Å²) in [5.74, 6) is -0.465. The van der Waals surface area contributed by atoms with Gasteiger partial charge in [-0.1, -0.05) is 11.6 Å². The fraction of sp³-hybridized carbons (Fsp3) is 0.263. The number of halogens is 1. The van der Waals surface area contributed by atoms with Crippen molar-refractivity contribution < 1.29 is 9.59 Å². The van der Waals surface area contributed by atoms with Crippen LogP contribution in [0.4, 0.5) is 0 Å². The molecule has 3 rings (SSSR count). The summed E-state index contributed by atoms with van der Waals surface area (Å²) < 4.78 is 1.81. The minimum absolute atomic E-state index is 0.193. The number of rotatable bonds is 6. The van der Waals surface area contributed by atoms with Gasteiger partial charge in [-0.05, 0) is 44.2 Å². The second-order valence-electron chi connectivity index (χ2n) is 6.34. The average Bonchev–Trinajstić information content (AvgIpc) is 3.09. The number of benzene rings is 1. The predicted octanol–water partition coefficient (Wildman–Crippen LogP) is 2.83. The van der Waals surface area contributed by atoms with Crippen LogP contribution in [0.3, 0.4) is 0 Å². The summed E-state index contributed by atoms with van der Waals surface area (Å²) in [7, 11) is 0. The Labute approximate surface area is 161 Å². The maximum atomic E-state index is 12.3. The van der Waals surface area contributed by atoms with E-state index in [1.165, 1.54) is 6.20 Å². The Morgan fingerprint density at radius 2 is 1.67 bits per heavy atom. The van der Waals surface area contributed by atoms with Crippen molar-refractivity contribution in [1.29, 1.82) is 0 Å². The monoisotopic (exact) mass is 385 g/mol. The molecule has 2 heterocycles. The quantitative estimate of drug-likeness (QED) is 0.638. The first-order valence-corrected chi connectivity index (χ1v) is 8.98. The topological polar surface area (TPSA) is 88.9 Å². The second kappa shape index (κ2) is 8.18. The van der Waals surface area contributed by atoms with E-state index in [1.807, 2.05) is 18.5 Å². The SMILES string of the molecule is CC(C)n1ncc2cc(C(=O)NCCNC(=O)c3ccc(Cl)cc3)cnc21. The number of carbonyl (C=O) groups is 2. The summed E-state index contributed by atoms with van der Waals surface area (Å²) in [6, 6.07) is 8.56. The summed E-state index contributed by atoms with van der Waals surface area (Å²) in [5.41, 5.74) is 1.72. The molecule has 2 N–H and O–H groups in total.